The van der Waals surface area contributed by atoms with E-state index in [-0.39, 0.29) is 64.0 Å². The minimum atomic E-state index is -2.27. The van der Waals surface area contributed by atoms with Gasteiger partial charge in [-0.05, 0) is 56.6 Å². The minimum absolute atomic E-state index is 0. The average Bonchev–Trinajstić information content (AvgIpc) is 2.88. The van der Waals surface area contributed by atoms with E-state index in [0.717, 1.165) is 44.8 Å². The fourth-order valence-electron chi connectivity index (χ4n) is 3.45. The Morgan fingerprint density at radius 3 is 1.64 bits per heavy atom. The van der Waals surface area contributed by atoms with Gasteiger partial charge in [0.1, 0.15) is 0 Å². The normalized spacial score (nSPS) is 11.7. The van der Waals surface area contributed by atoms with Crippen molar-refractivity contribution in [2.75, 3.05) is 0 Å². The molecule has 0 fully saturated rings. The zero-order valence-electron chi connectivity index (χ0n) is 20.0. The molecule has 0 radical (unpaired) electrons. The molecule has 0 amide bonds. The fraction of sp³-hybridized carbons (Fsp3) is 0. The molecule has 170 valence electrons. The van der Waals surface area contributed by atoms with Gasteiger partial charge < -0.3 is 14.1 Å². The van der Waals surface area contributed by atoms with Gasteiger partial charge in [0.05, 0.1) is 0 Å². The molecule has 0 aromatic heterocycles. The van der Waals surface area contributed by atoms with Crippen molar-refractivity contribution in [1.29, 1.82) is 0 Å². The van der Waals surface area contributed by atoms with Crippen LogP contribution in [0.2, 0.25) is 0 Å². The summed E-state index contributed by atoms with van der Waals surface area (Å²) in [5.74, 6) is 0. The molecule has 0 spiro atoms. The molecule has 0 bridgehead atoms. The van der Waals surface area contributed by atoms with Crippen LogP contribution in [0, 0.1) is 0 Å². The predicted octanol–water partition coefficient (Wildman–Crippen LogP) is 0.239. The summed E-state index contributed by atoms with van der Waals surface area (Å²) in [6, 6.07) is 30.7. The second-order valence-corrected chi connectivity index (χ2v) is 9.02. The van der Waals surface area contributed by atoms with Gasteiger partial charge >= 0.3 is 59.1 Å². The van der Waals surface area contributed by atoms with Crippen LogP contribution in [-0.2, 0) is 15.4 Å². The van der Waals surface area contributed by atoms with Gasteiger partial charge in [0, 0.05) is 21.8 Å². The molecule has 0 aliphatic heterocycles. The molecule has 4 aromatic rings. The fourth-order valence-corrected chi connectivity index (χ4v) is 4.40. The van der Waals surface area contributed by atoms with E-state index in [9.17, 15) is 14.0 Å². The molecule has 0 aliphatic rings. The quantitative estimate of drug-likeness (QED) is 0.0816. The largest absolute Gasteiger partial charge is 1.00 e. The first-order valence-electron chi connectivity index (χ1n) is 10.4. The van der Waals surface area contributed by atoms with Gasteiger partial charge in [0.15, 0.2) is 0 Å². The summed E-state index contributed by atoms with van der Waals surface area (Å²) in [6.07, 6.45) is 7.66. The third kappa shape index (κ3) is 8.65. The second-order valence-electron chi connectivity index (χ2n) is 7.37. The van der Waals surface area contributed by atoms with E-state index in [4.69, 9.17) is 0 Å². The van der Waals surface area contributed by atoms with E-state index >= 15 is 0 Å². The van der Waals surface area contributed by atoms with Crippen molar-refractivity contribution in [3.8, 4) is 11.1 Å². The first-order valence-corrected chi connectivity index (χ1v) is 12.3. The Hall–Kier alpha value is -1.26. The Balaban J connectivity index is 0.00000228. The van der Waals surface area contributed by atoms with Crippen molar-refractivity contribution < 1.29 is 77.5 Å². The maximum Gasteiger partial charge on any atom is 1.00 e. The number of rotatable bonds is 8. The van der Waals surface area contributed by atoms with Crippen LogP contribution in [0.3, 0.4) is 0 Å². The summed E-state index contributed by atoms with van der Waals surface area (Å²) >= 11 is -1.47. The topological polar surface area (TPSA) is 72.4 Å². The van der Waals surface area contributed by atoms with Gasteiger partial charge in [0.25, 0.3) is 0 Å². The van der Waals surface area contributed by atoms with Crippen molar-refractivity contribution in [2.45, 2.75) is 9.79 Å². The molecular weight excluding hydrogens is 510 g/mol. The third-order valence-electron chi connectivity index (χ3n) is 5.21. The molecule has 0 N–H and O–H groups in total. The SMILES string of the molecule is O=S([O-])c1ccccc1/C=C/c1ccc(-c2ccc(/C=C/c3ccccc3SO[O-])cc2)cc1.[Na+].[Na+]. The van der Waals surface area contributed by atoms with Crippen LogP contribution >= 0.6 is 12.0 Å². The van der Waals surface area contributed by atoms with Gasteiger partial charge in [-0.25, -0.2) is 0 Å². The van der Waals surface area contributed by atoms with Crippen LogP contribution in [0.1, 0.15) is 22.3 Å². The number of hydrogen-bond acceptors (Lipinski definition) is 5. The van der Waals surface area contributed by atoms with Gasteiger partial charge in [-0.2, -0.15) is 0 Å². The standard InChI is InChI=1S/C28H22O4S2.2Na/c29-32-33-27-7-3-1-5-25(27)19-13-21-9-15-23(16-10-21)24-17-11-22(12-18-24)14-20-26-6-2-4-8-28(26)34(30)31;;/h1-20,29H,(H,30,31);;/q;2*+1/p-2/b19-13+,20-14+;;. The molecule has 8 heteroatoms. The third-order valence-corrected chi connectivity index (χ3v) is 6.56. The molecule has 0 heterocycles. The van der Waals surface area contributed by atoms with E-state index in [1.54, 1.807) is 24.3 Å². The van der Waals surface area contributed by atoms with Crippen LogP contribution in [-0.4, -0.2) is 8.76 Å². The molecule has 4 nitrogen and oxygen atoms in total. The van der Waals surface area contributed by atoms with E-state index in [2.05, 4.69) is 16.5 Å². The van der Waals surface area contributed by atoms with Crippen LogP contribution in [0.25, 0.3) is 35.4 Å². The zero-order valence-corrected chi connectivity index (χ0v) is 25.6. The Bertz CT molecular complexity index is 1340. The van der Waals surface area contributed by atoms with Crippen molar-refractivity contribution in [2.24, 2.45) is 0 Å². The first kappa shape index (κ1) is 31.0. The summed E-state index contributed by atoms with van der Waals surface area (Å²) in [4.78, 5) is 1.05. The molecule has 1 atom stereocenters. The molecule has 0 saturated heterocycles. The van der Waals surface area contributed by atoms with Crippen molar-refractivity contribution >= 4 is 47.4 Å². The maximum absolute atomic E-state index is 11.4. The van der Waals surface area contributed by atoms with Gasteiger partial charge in [-0.1, -0.05) is 109 Å². The predicted molar refractivity (Wildman–Crippen MR) is 137 cm³/mol. The monoisotopic (exact) mass is 530 g/mol. The van der Waals surface area contributed by atoms with Gasteiger partial charge in [0.2, 0.25) is 0 Å². The van der Waals surface area contributed by atoms with E-state index < -0.39 is 11.1 Å². The van der Waals surface area contributed by atoms with Crippen molar-refractivity contribution in [3.05, 3.63) is 119 Å². The Kier molecular flexibility index (Phi) is 13.6. The minimum Gasteiger partial charge on any atom is -0.768 e. The Morgan fingerprint density at radius 2 is 1.11 bits per heavy atom. The second kappa shape index (κ2) is 15.9. The smallest absolute Gasteiger partial charge is 0.768 e. The molecule has 4 rings (SSSR count). The van der Waals surface area contributed by atoms with E-state index in [1.807, 2.05) is 85.0 Å². The van der Waals surface area contributed by atoms with Crippen molar-refractivity contribution in [3.63, 3.8) is 0 Å². The molecule has 4 aromatic carbocycles. The van der Waals surface area contributed by atoms with Gasteiger partial charge in [-0.15, -0.1) is 0 Å². The summed E-state index contributed by atoms with van der Waals surface area (Å²) in [6.45, 7) is 0. The molecule has 1 unspecified atom stereocenters. The Morgan fingerprint density at radius 1 is 0.639 bits per heavy atom. The molecule has 0 saturated carbocycles. The Labute approximate surface area is 262 Å². The summed E-state index contributed by atoms with van der Waals surface area (Å²) in [5, 5.41) is 10.5. The van der Waals surface area contributed by atoms with Gasteiger partial charge in [-0.3, -0.25) is 4.21 Å². The average molecular weight is 531 g/mol. The van der Waals surface area contributed by atoms with E-state index in [1.165, 1.54) is 0 Å². The molecular formula is C28H20Na2O4S2. The molecule has 36 heavy (non-hydrogen) atoms. The van der Waals surface area contributed by atoms with Crippen molar-refractivity contribution in [1.82, 2.24) is 0 Å². The maximum atomic E-state index is 11.4. The number of hydrogen-bond donors (Lipinski definition) is 0. The van der Waals surface area contributed by atoms with Crippen LogP contribution < -0.4 is 64.4 Å². The summed E-state index contributed by atoms with van der Waals surface area (Å²) < 4.78 is 26.7. The summed E-state index contributed by atoms with van der Waals surface area (Å²) in [7, 11) is 0. The van der Waals surface area contributed by atoms with Crippen LogP contribution in [0.4, 0.5) is 0 Å². The number of benzene rings is 4. The molecule has 0 aliphatic carbocycles. The first-order chi connectivity index (χ1) is 16.6. The summed E-state index contributed by atoms with van der Waals surface area (Å²) in [5.41, 5.74) is 5.78. The zero-order chi connectivity index (χ0) is 23.8. The van der Waals surface area contributed by atoms with Crippen LogP contribution in [0.15, 0.2) is 107 Å². The van der Waals surface area contributed by atoms with Crippen LogP contribution in [0.5, 0.6) is 0 Å². The van der Waals surface area contributed by atoms with E-state index in [0.29, 0.717) is 5.56 Å².